The van der Waals surface area contributed by atoms with Gasteiger partial charge in [-0.25, -0.2) is 0 Å². The van der Waals surface area contributed by atoms with Gasteiger partial charge in [-0.05, 0) is 25.3 Å². The SMILES string of the molecule is O=C(O)C1CCCC1CNCc1ncno1. The summed E-state index contributed by atoms with van der Waals surface area (Å²) in [5.41, 5.74) is 0. The van der Waals surface area contributed by atoms with Crippen LogP contribution in [0.1, 0.15) is 25.2 Å². The number of rotatable bonds is 5. The second-order valence-electron chi connectivity index (χ2n) is 4.10. The predicted molar refractivity (Wildman–Crippen MR) is 54.5 cm³/mol. The zero-order valence-electron chi connectivity index (χ0n) is 8.93. The Labute approximate surface area is 93.0 Å². The van der Waals surface area contributed by atoms with Crippen LogP contribution in [0.2, 0.25) is 0 Å². The van der Waals surface area contributed by atoms with Crippen LogP contribution in [0.5, 0.6) is 0 Å². The molecule has 0 bridgehead atoms. The lowest BCUT2D eigenvalue weighted by Gasteiger charge is -2.15. The van der Waals surface area contributed by atoms with Crippen molar-refractivity contribution in [2.24, 2.45) is 11.8 Å². The summed E-state index contributed by atoms with van der Waals surface area (Å²) in [6.45, 7) is 1.20. The van der Waals surface area contributed by atoms with Gasteiger partial charge in [0.05, 0.1) is 12.5 Å². The van der Waals surface area contributed by atoms with Gasteiger partial charge in [0, 0.05) is 0 Å². The normalized spacial score (nSPS) is 24.8. The van der Waals surface area contributed by atoms with Crippen LogP contribution in [0.25, 0.3) is 0 Å². The molecular weight excluding hydrogens is 210 g/mol. The molecule has 1 saturated carbocycles. The molecule has 16 heavy (non-hydrogen) atoms. The quantitative estimate of drug-likeness (QED) is 0.765. The standard InChI is InChI=1S/C10H15N3O3/c14-10(15)8-3-1-2-7(8)4-11-5-9-12-6-13-16-9/h6-8,11H,1-5H2,(H,14,15). The highest BCUT2D eigenvalue weighted by atomic mass is 16.5. The zero-order valence-corrected chi connectivity index (χ0v) is 8.93. The van der Waals surface area contributed by atoms with Gasteiger partial charge in [-0.3, -0.25) is 4.79 Å². The number of aromatic nitrogens is 2. The van der Waals surface area contributed by atoms with Gasteiger partial charge in [-0.2, -0.15) is 4.98 Å². The van der Waals surface area contributed by atoms with Crippen LogP contribution in [0, 0.1) is 11.8 Å². The van der Waals surface area contributed by atoms with Gasteiger partial charge >= 0.3 is 5.97 Å². The molecule has 1 aliphatic rings. The summed E-state index contributed by atoms with van der Waals surface area (Å²) in [6.07, 6.45) is 4.13. The molecule has 2 N–H and O–H groups in total. The number of nitrogens with one attached hydrogen (secondary N) is 1. The second-order valence-corrected chi connectivity index (χ2v) is 4.10. The summed E-state index contributed by atoms with van der Waals surface area (Å²) in [5, 5.41) is 15.6. The molecule has 1 aromatic heterocycles. The van der Waals surface area contributed by atoms with E-state index < -0.39 is 5.97 Å². The van der Waals surface area contributed by atoms with Crippen LogP contribution in [-0.4, -0.2) is 27.8 Å². The molecule has 2 unspecified atom stereocenters. The van der Waals surface area contributed by atoms with E-state index in [2.05, 4.69) is 15.5 Å². The molecule has 6 nitrogen and oxygen atoms in total. The van der Waals surface area contributed by atoms with E-state index >= 15 is 0 Å². The monoisotopic (exact) mass is 225 g/mol. The Morgan fingerprint density at radius 3 is 3.19 bits per heavy atom. The van der Waals surface area contributed by atoms with Crippen LogP contribution in [0.4, 0.5) is 0 Å². The minimum atomic E-state index is -0.679. The molecule has 0 amide bonds. The Hall–Kier alpha value is -1.43. The van der Waals surface area contributed by atoms with Crippen molar-refractivity contribution in [3.05, 3.63) is 12.2 Å². The number of carboxylic acids is 1. The van der Waals surface area contributed by atoms with Gasteiger partial charge < -0.3 is 14.9 Å². The van der Waals surface area contributed by atoms with Crippen molar-refractivity contribution in [3.8, 4) is 0 Å². The van der Waals surface area contributed by atoms with Gasteiger partial charge in [0.25, 0.3) is 0 Å². The number of hydrogen-bond acceptors (Lipinski definition) is 5. The highest BCUT2D eigenvalue weighted by molar-refractivity contribution is 5.70. The summed E-state index contributed by atoms with van der Waals surface area (Å²) in [7, 11) is 0. The maximum absolute atomic E-state index is 10.9. The Bertz CT molecular complexity index is 339. The van der Waals surface area contributed by atoms with E-state index in [1.165, 1.54) is 6.33 Å². The Kier molecular flexibility index (Phi) is 3.51. The molecule has 1 aliphatic carbocycles. The number of nitrogens with zero attached hydrogens (tertiary/aromatic N) is 2. The van der Waals surface area contributed by atoms with Crippen molar-refractivity contribution in [1.82, 2.24) is 15.5 Å². The highest BCUT2D eigenvalue weighted by Crippen LogP contribution is 2.31. The first kappa shape index (κ1) is 11.1. The van der Waals surface area contributed by atoms with Gasteiger partial charge in [-0.15, -0.1) is 0 Å². The Morgan fingerprint density at radius 2 is 2.50 bits per heavy atom. The third kappa shape index (κ3) is 2.57. The molecule has 1 fully saturated rings. The summed E-state index contributed by atoms with van der Waals surface area (Å²) in [5.74, 6) is -0.123. The van der Waals surface area contributed by atoms with Crippen LogP contribution >= 0.6 is 0 Å². The number of carbonyl (C=O) groups is 1. The molecule has 0 saturated heterocycles. The largest absolute Gasteiger partial charge is 0.481 e. The predicted octanol–water partition coefficient (Wildman–Crippen LogP) is 0.660. The summed E-state index contributed by atoms with van der Waals surface area (Å²) in [6, 6.07) is 0. The average Bonchev–Trinajstić information content (AvgIpc) is 2.87. The smallest absolute Gasteiger partial charge is 0.306 e. The van der Waals surface area contributed by atoms with Gasteiger partial charge in [0.15, 0.2) is 6.33 Å². The van der Waals surface area contributed by atoms with Crippen molar-refractivity contribution in [2.75, 3.05) is 6.54 Å². The molecule has 1 aromatic rings. The molecule has 88 valence electrons. The number of aliphatic carboxylic acids is 1. The lowest BCUT2D eigenvalue weighted by atomic mass is 9.96. The van der Waals surface area contributed by atoms with Gasteiger partial charge in [0.2, 0.25) is 5.89 Å². The fourth-order valence-corrected chi connectivity index (χ4v) is 2.24. The molecule has 2 atom stereocenters. The molecule has 2 rings (SSSR count). The fourth-order valence-electron chi connectivity index (χ4n) is 2.24. The summed E-state index contributed by atoms with van der Waals surface area (Å²) in [4.78, 5) is 14.8. The van der Waals surface area contributed by atoms with E-state index in [9.17, 15) is 4.79 Å². The minimum absolute atomic E-state index is 0.199. The van der Waals surface area contributed by atoms with Crippen LogP contribution in [0.15, 0.2) is 10.9 Å². The first-order chi connectivity index (χ1) is 7.77. The molecular formula is C10H15N3O3. The second kappa shape index (κ2) is 5.07. The third-order valence-corrected chi connectivity index (χ3v) is 3.07. The van der Waals surface area contributed by atoms with Crippen LogP contribution in [-0.2, 0) is 11.3 Å². The van der Waals surface area contributed by atoms with E-state index in [1.54, 1.807) is 0 Å². The van der Waals surface area contributed by atoms with Crippen molar-refractivity contribution in [3.63, 3.8) is 0 Å². The molecule has 0 spiro atoms. The van der Waals surface area contributed by atoms with Gasteiger partial charge in [-0.1, -0.05) is 11.6 Å². The van der Waals surface area contributed by atoms with Crippen molar-refractivity contribution < 1.29 is 14.4 Å². The van der Waals surface area contributed by atoms with Gasteiger partial charge in [0.1, 0.15) is 0 Å². The first-order valence-electron chi connectivity index (χ1n) is 5.46. The Balaban J connectivity index is 1.75. The minimum Gasteiger partial charge on any atom is -0.481 e. The fraction of sp³-hybridized carbons (Fsp3) is 0.700. The van der Waals surface area contributed by atoms with Crippen molar-refractivity contribution in [1.29, 1.82) is 0 Å². The van der Waals surface area contributed by atoms with Crippen molar-refractivity contribution in [2.45, 2.75) is 25.8 Å². The molecule has 0 aliphatic heterocycles. The topological polar surface area (TPSA) is 88.2 Å². The lowest BCUT2D eigenvalue weighted by molar-refractivity contribution is -0.142. The van der Waals surface area contributed by atoms with Crippen molar-refractivity contribution >= 4 is 5.97 Å². The van der Waals surface area contributed by atoms with E-state index in [4.69, 9.17) is 9.63 Å². The summed E-state index contributed by atoms with van der Waals surface area (Å²) < 4.78 is 4.83. The molecule has 1 heterocycles. The van der Waals surface area contributed by atoms with Crippen LogP contribution in [0.3, 0.4) is 0 Å². The number of carboxylic acid groups (broad SMARTS) is 1. The first-order valence-corrected chi connectivity index (χ1v) is 5.46. The molecule has 0 radical (unpaired) electrons. The maximum atomic E-state index is 10.9. The lowest BCUT2D eigenvalue weighted by Crippen LogP contribution is -2.28. The van der Waals surface area contributed by atoms with E-state index in [-0.39, 0.29) is 11.8 Å². The third-order valence-electron chi connectivity index (χ3n) is 3.07. The average molecular weight is 225 g/mol. The highest BCUT2D eigenvalue weighted by Gasteiger charge is 2.32. The number of hydrogen-bond donors (Lipinski definition) is 2. The Morgan fingerprint density at radius 1 is 1.62 bits per heavy atom. The van der Waals surface area contributed by atoms with Crippen LogP contribution < -0.4 is 5.32 Å². The maximum Gasteiger partial charge on any atom is 0.306 e. The van der Waals surface area contributed by atoms with E-state index in [0.717, 1.165) is 19.3 Å². The zero-order chi connectivity index (χ0) is 11.4. The summed E-state index contributed by atoms with van der Waals surface area (Å²) >= 11 is 0. The van der Waals surface area contributed by atoms with E-state index in [0.29, 0.717) is 19.0 Å². The molecule has 0 aromatic carbocycles. The van der Waals surface area contributed by atoms with E-state index in [1.807, 2.05) is 0 Å². The molecule has 6 heteroatoms.